The van der Waals surface area contributed by atoms with Crippen LogP contribution in [-0.2, 0) is 20.9 Å². The molecule has 0 bridgehead atoms. The smallest absolute Gasteiger partial charge is 0.303 e. The first-order valence-electron chi connectivity index (χ1n) is 10.0. The Morgan fingerprint density at radius 3 is 2.54 bits per heavy atom. The third kappa shape index (κ3) is 5.97. The van der Waals surface area contributed by atoms with Crippen LogP contribution < -0.4 is 10.1 Å². The number of likely N-dealkylation sites (tertiary alicyclic amines) is 1. The second-order valence-corrected chi connectivity index (χ2v) is 7.61. The topological polar surface area (TPSA) is 95.9 Å². The third-order valence-electron chi connectivity index (χ3n) is 5.22. The van der Waals surface area contributed by atoms with Gasteiger partial charge in [0.15, 0.2) is 0 Å². The van der Waals surface area contributed by atoms with Crippen molar-refractivity contribution in [3.8, 4) is 5.75 Å². The number of carbonyl (C=O) groups is 3. The van der Waals surface area contributed by atoms with Crippen molar-refractivity contribution in [2.24, 2.45) is 11.8 Å². The Balaban J connectivity index is 1.40. The lowest BCUT2D eigenvalue weighted by molar-refractivity contribution is -0.138. The average Bonchev–Trinajstić information content (AvgIpc) is 3.55. The van der Waals surface area contributed by atoms with Gasteiger partial charge in [-0.05, 0) is 49.8 Å². The van der Waals surface area contributed by atoms with Gasteiger partial charge in [0, 0.05) is 32.0 Å². The van der Waals surface area contributed by atoms with Crippen LogP contribution in [0.25, 0.3) is 0 Å². The average molecular weight is 388 g/mol. The minimum Gasteiger partial charge on any atom is -0.494 e. The fraction of sp³-hybridized carbons (Fsp3) is 0.571. The van der Waals surface area contributed by atoms with E-state index in [2.05, 4.69) is 5.32 Å². The lowest BCUT2D eigenvalue weighted by Crippen LogP contribution is -2.45. The van der Waals surface area contributed by atoms with Crippen LogP contribution in [0.4, 0.5) is 0 Å². The Labute approximate surface area is 165 Å². The van der Waals surface area contributed by atoms with Crippen LogP contribution in [0.15, 0.2) is 24.3 Å². The Morgan fingerprint density at radius 1 is 1.11 bits per heavy atom. The number of piperidine rings is 1. The van der Waals surface area contributed by atoms with Crippen molar-refractivity contribution in [3.05, 3.63) is 29.8 Å². The highest BCUT2D eigenvalue weighted by Gasteiger charge is 2.36. The van der Waals surface area contributed by atoms with Gasteiger partial charge in [0.1, 0.15) is 5.75 Å². The first kappa shape index (κ1) is 20.2. The van der Waals surface area contributed by atoms with Gasteiger partial charge in [0.05, 0.1) is 12.5 Å². The van der Waals surface area contributed by atoms with Gasteiger partial charge in [0.2, 0.25) is 11.8 Å². The summed E-state index contributed by atoms with van der Waals surface area (Å²) in [4.78, 5) is 37.1. The van der Waals surface area contributed by atoms with Crippen molar-refractivity contribution in [2.45, 2.75) is 45.1 Å². The van der Waals surface area contributed by atoms with Crippen molar-refractivity contribution >= 4 is 17.8 Å². The van der Waals surface area contributed by atoms with Crippen molar-refractivity contribution in [1.29, 1.82) is 0 Å². The summed E-state index contributed by atoms with van der Waals surface area (Å²) in [6.07, 6.45) is 4.24. The number of nitrogens with zero attached hydrogens (tertiary/aromatic N) is 1. The summed E-state index contributed by atoms with van der Waals surface area (Å²) in [5.74, 6) is 0.147. The van der Waals surface area contributed by atoms with Gasteiger partial charge in [-0.25, -0.2) is 0 Å². The number of carboxylic acid groups (broad SMARTS) is 1. The van der Waals surface area contributed by atoms with E-state index in [0.29, 0.717) is 31.9 Å². The molecule has 1 saturated carbocycles. The van der Waals surface area contributed by atoms with Crippen LogP contribution in [0.5, 0.6) is 5.75 Å². The Hall–Kier alpha value is -2.57. The number of rotatable bonds is 9. The number of hydrogen-bond acceptors (Lipinski definition) is 4. The molecule has 1 aromatic carbocycles. The number of aliphatic carboxylic acids is 1. The van der Waals surface area contributed by atoms with Gasteiger partial charge in [-0.1, -0.05) is 12.1 Å². The quantitative estimate of drug-likeness (QED) is 0.632. The predicted molar refractivity (Wildman–Crippen MR) is 103 cm³/mol. The lowest BCUT2D eigenvalue weighted by atomic mass is 9.96. The highest BCUT2D eigenvalue weighted by molar-refractivity contribution is 5.83. The fourth-order valence-corrected chi connectivity index (χ4v) is 3.43. The lowest BCUT2D eigenvalue weighted by Gasteiger charge is -2.32. The molecule has 1 saturated heterocycles. The third-order valence-corrected chi connectivity index (χ3v) is 5.22. The van der Waals surface area contributed by atoms with E-state index in [0.717, 1.165) is 37.8 Å². The molecule has 0 radical (unpaired) electrons. The molecule has 2 aliphatic rings. The first-order chi connectivity index (χ1) is 13.5. The molecule has 28 heavy (non-hydrogen) atoms. The zero-order valence-electron chi connectivity index (χ0n) is 16.1. The fourth-order valence-electron chi connectivity index (χ4n) is 3.43. The molecule has 1 heterocycles. The van der Waals surface area contributed by atoms with E-state index in [-0.39, 0.29) is 30.1 Å². The number of benzene rings is 1. The molecule has 1 aliphatic carbocycles. The monoisotopic (exact) mass is 388 g/mol. The molecule has 7 heteroatoms. The van der Waals surface area contributed by atoms with Gasteiger partial charge in [0.25, 0.3) is 0 Å². The highest BCUT2D eigenvalue weighted by Crippen LogP contribution is 2.32. The zero-order valence-corrected chi connectivity index (χ0v) is 16.1. The van der Waals surface area contributed by atoms with Crippen LogP contribution >= 0.6 is 0 Å². The van der Waals surface area contributed by atoms with Gasteiger partial charge in [-0.2, -0.15) is 0 Å². The summed E-state index contributed by atoms with van der Waals surface area (Å²) in [6.45, 7) is 2.10. The van der Waals surface area contributed by atoms with E-state index in [1.165, 1.54) is 0 Å². The maximum Gasteiger partial charge on any atom is 0.303 e. The maximum atomic E-state index is 12.5. The molecule has 1 aromatic rings. The van der Waals surface area contributed by atoms with Crippen LogP contribution in [0.3, 0.4) is 0 Å². The second kappa shape index (κ2) is 9.57. The number of carboxylic acids is 1. The van der Waals surface area contributed by atoms with Crippen molar-refractivity contribution < 1.29 is 24.2 Å². The molecule has 3 rings (SSSR count). The number of nitrogens with one attached hydrogen (secondary N) is 1. The summed E-state index contributed by atoms with van der Waals surface area (Å²) in [6, 6.07) is 7.41. The van der Waals surface area contributed by atoms with Crippen molar-refractivity contribution in [2.75, 3.05) is 19.7 Å². The number of carbonyl (C=O) groups excluding carboxylic acids is 2. The molecule has 2 N–H and O–H groups in total. The van der Waals surface area contributed by atoms with Crippen molar-refractivity contribution in [3.63, 3.8) is 0 Å². The zero-order chi connectivity index (χ0) is 19.9. The summed E-state index contributed by atoms with van der Waals surface area (Å²) in [7, 11) is 0. The van der Waals surface area contributed by atoms with Crippen LogP contribution in [0.2, 0.25) is 0 Å². The molecular weight excluding hydrogens is 360 g/mol. The molecule has 2 fully saturated rings. The Morgan fingerprint density at radius 2 is 1.86 bits per heavy atom. The van der Waals surface area contributed by atoms with Crippen molar-refractivity contribution in [1.82, 2.24) is 10.2 Å². The molecule has 1 aliphatic heterocycles. The standard InChI is InChI=1S/C21H28N2O5/c24-19(25)4-2-12-28-18-9-5-15(6-10-18)13-22-20(26)17-3-1-11-23(14-17)21(27)16-7-8-16/h5-6,9-10,16-17H,1-4,7-8,11-14H2,(H,22,26)(H,24,25). The predicted octanol–water partition coefficient (Wildman–Crippen LogP) is 2.20. The van der Waals surface area contributed by atoms with Gasteiger partial charge in [-0.3, -0.25) is 14.4 Å². The maximum absolute atomic E-state index is 12.5. The SMILES string of the molecule is O=C(O)CCCOc1ccc(CNC(=O)C2CCCN(C(=O)C3CC3)C2)cc1. The molecule has 1 unspecified atom stereocenters. The highest BCUT2D eigenvalue weighted by atomic mass is 16.5. The molecule has 2 amide bonds. The van der Waals surface area contributed by atoms with E-state index < -0.39 is 5.97 Å². The van der Waals surface area contributed by atoms with E-state index in [9.17, 15) is 14.4 Å². The van der Waals surface area contributed by atoms with Gasteiger partial charge >= 0.3 is 5.97 Å². The van der Waals surface area contributed by atoms with Crippen LogP contribution in [0.1, 0.15) is 44.1 Å². The molecule has 152 valence electrons. The molecule has 0 aromatic heterocycles. The normalized spacial score (nSPS) is 19.1. The van der Waals surface area contributed by atoms with Crippen LogP contribution in [0, 0.1) is 11.8 Å². The number of hydrogen-bond donors (Lipinski definition) is 2. The molecule has 1 atom stereocenters. The van der Waals surface area contributed by atoms with Gasteiger partial charge < -0.3 is 20.1 Å². The van der Waals surface area contributed by atoms with Crippen LogP contribution in [-0.4, -0.2) is 47.5 Å². The molecular formula is C21H28N2O5. The van der Waals surface area contributed by atoms with E-state index in [1.54, 1.807) is 0 Å². The minimum atomic E-state index is -0.826. The van der Waals surface area contributed by atoms with E-state index in [4.69, 9.17) is 9.84 Å². The largest absolute Gasteiger partial charge is 0.494 e. The summed E-state index contributed by atoms with van der Waals surface area (Å²) in [5, 5.41) is 11.6. The number of amides is 2. The summed E-state index contributed by atoms with van der Waals surface area (Å²) in [5.41, 5.74) is 0.966. The summed E-state index contributed by atoms with van der Waals surface area (Å²) < 4.78 is 5.50. The Bertz CT molecular complexity index is 699. The minimum absolute atomic E-state index is 0.00212. The Kier molecular flexibility index (Phi) is 6.90. The first-order valence-corrected chi connectivity index (χ1v) is 10.0. The molecule has 7 nitrogen and oxygen atoms in total. The molecule has 0 spiro atoms. The number of ether oxygens (including phenoxy) is 1. The summed E-state index contributed by atoms with van der Waals surface area (Å²) >= 11 is 0. The second-order valence-electron chi connectivity index (χ2n) is 7.61. The van der Waals surface area contributed by atoms with E-state index >= 15 is 0 Å². The van der Waals surface area contributed by atoms with Gasteiger partial charge in [-0.15, -0.1) is 0 Å². The van der Waals surface area contributed by atoms with E-state index in [1.807, 2.05) is 29.2 Å².